The van der Waals surface area contributed by atoms with Crippen LogP contribution in [0.25, 0.3) is 0 Å². The highest BCUT2D eigenvalue weighted by Gasteiger charge is 2.27. The molecular formula is C13H16N2O5S. The van der Waals surface area contributed by atoms with Gasteiger partial charge in [-0.3, -0.25) is 14.9 Å². The van der Waals surface area contributed by atoms with E-state index in [4.69, 9.17) is 5.11 Å². The third kappa shape index (κ3) is 4.45. The van der Waals surface area contributed by atoms with Crippen molar-refractivity contribution in [1.82, 2.24) is 5.32 Å². The van der Waals surface area contributed by atoms with E-state index in [1.54, 1.807) is 18.7 Å². The maximum Gasteiger partial charge on any atom is 0.336 e. The molecule has 0 aliphatic heterocycles. The Bertz CT molecular complexity index is 529. The molecule has 7 nitrogen and oxygen atoms in total. The molecule has 1 aromatic carbocycles. The number of nitrogens with one attached hydrogen (secondary N) is 1. The number of carboxylic acids is 1. The lowest BCUT2D eigenvalue weighted by atomic mass is 10.0. The topological polar surface area (TPSA) is 110 Å². The number of thioether (sulfide) groups is 1. The largest absolute Gasteiger partial charge is 0.478 e. The van der Waals surface area contributed by atoms with E-state index in [2.05, 4.69) is 5.32 Å². The molecule has 0 saturated heterocycles. The molecule has 1 amide bonds. The zero-order valence-corrected chi connectivity index (χ0v) is 12.5. The second-order valence-electron chi connectivity index (χ2n) is 4.30. The van der Waals surface area contributed by atoms with E-state index in [1.165, 1.54) is 12.1 Å². The van der Waals surface area contributed by atoms with Crippen LogP contribution in [-0.4, -0.2) is 39.5 Å². The summed E-state index contributed by atoms with van der Waals surface area (Å²) in [5.74, 6) is -0.597. The molecule has 21 heavy (non-hydrogen) atoms. The third-order valence-corrected chi connectivity index (χ3v) is 3.79. The predicted octanol–water partition coefficient (Wildman–Crippen LogP) is 2.16. The van der Waals surface area contributed by atoms with Crippen LogP contribution in [0.4, 0.5) is 5.69 Å². The highest BCUT2D eigenvalue weighted by Crippen LogP contribution is 2.22. The number of nitro benzene ring substituents is 1. The van der Waals surface area contributed by atoms with Crippen molar-refractivity contribution in [3.05, 3.63) is 39.4 Å². The Kier molecular flexibility index (Phi) is 6.16. The average Bonchev–Trinajstić information content (AvgIpc) is 2.43. The van der Waals surface area contributed by atoms with Crippen molar-refractivity contribution >= 4 is 29.3 Å². The molecule has 0 radical (unpaired) electrons. The van der Waals surface area contributed by atoms with Crippen LogP contribution >= 0.6 is 11.8 Å². The normalized spacial score (nSPS) is 11.7. The van der Waals surface area contributed by atoms with Gasteiger partial charge in [0.25, 0.3) is 11.6 Å². The number of nitrogens with zero attached hydrogens (tertiary/aromatic N) is 1. The van der Waals surface area contributed by atoms with Gasteiger partial charge in [-0.15, -0.1) is 0 Å². The van der Waals surface area contributed by atoms with Gasteiger partial charge in [0, 0.05) is 17.9 Å². The van der Waals surface area contributed by atoms with Crippen LogP contribution in [0, 0.1) is 10.1 Å². The van der Waals surface area contributed by atoms with Gasteiger partial charge in [0.05, 0.1) is 10.5 Å². The highest BCUT2D eigenvalue weighted by molar-refractivity contribution is 7.99. The SMILES string of the molecule is CCSCC(C)NC(=O)c1c(C(=O)O)cccc1[N+](=O)[O-]. The molecule has 8 heteroatoms. The van der Waals surface area contributed by atoms with Crippen LogP contribution in [-0.2, 0) is 0 Å². The first-order valence-corrected chi connectivity index (χ1v) is 7.43. The molecular weight excluding hydrogens is 296 g/mol. The molecule has 114 valence electrons. The molecule has 1 aromatic rings. The summed E-state index contributed by atoms with van der Waals surface area (Å²) in [5.41, 5.74) is -1.30. The standard InChI is InChI=1S/C13H16N2O5S/c1-3-21-7-8(2)14-12(16)11-9(13(17)18)5-4-6-10(11)15(19)20/h4-6,8H,3,7H2,1-2H3,(H,14,16)(H,17,18). The number of benzene rings is 1. The molecule has 1 unspecified atom stereocenters. The zero-order valence-electron chi connectivity index (χ0n) is 11.7. The van der Waals surface area contributed by atoms with Crippen molar-refractivity contribution in [2.75, 3.05) is 11.5 Å². The highest BCUT2D eigenvalue weighted by atomic mass is 32.2. The summed E-state index contributed by atoms with van der Waals surface area (Å²) in [7, 11) is 0. The Morgan fingerprint density at radius 2 is 2.14 bits per heavy atom. The number of amides is 1. The lowest BCUT2D eigenvalue weighted by molar-refractivity contribution is -0.385. The minimum absolute atomic E-state index is 0.219. The summed E-state index contributed by atoms with van der Waals surface area (Å²) in [6, 6.07) is 3.32. The maximum absolute atomic E-state index is 12.2. The van der Waals surface area contributed by atoms with Crippen LogP contribution in [0.15, 0.2) is 18.2 Å². The molecule has 2 N–H and O–H groups in total. The first-order valence-electron chi connectivity index (χ1n) is 6.27. The van der Waals surface area contributed by atoms with Gasteiger partial charge >= 0.3 is 5.97 Å². The van der Waals surface area contributed by atoms with Crippen LogP contribution < -0.4 is 5.32 Å². The van der Waals surface area contributed by atoms with Crippen molar-refractivity contribution in [2.45, 2.75) is 19.9 Å². The Morgan fingerprint density at radius 3 is 2.67 bits per heavy atom. The lowest BCUT2D eigenvalue weighted by Crippen LogP contribution is -2.35. The summed E-state index contributed by atoms with van der Waals surface area (Å²) in [5, 5.41) is 22.7. The van der Waals surface area contributed by atoms with Crippen LogP contribution in [0.1, 0.15) is 34.6 Å². The number of nitro groups is 1. The number of hydrogen-bond donors (Lipinski definition) is 2. The Morgan fingerprint density at radius 1 is 1.48 bits per heavy atom. The quantitative estimate of drug-likeness (QED) is 0.590. The van der Waals surface area contributed by atoms with Gasteiger partial charge in [0.2, 0.25) is 0 Å². The van der Waals surface area contributed by atoms with E-state index >= 15 is 0 Å². The Labute approximate surface area is 125 Å². The molecule has 0 fully saturated rings. The summed E-state index contributed by atoms with van der Waals surface area (Å²) < 4.78 is 0. The van der Waals surface area contributed by atoms with E-state index in [1.807, 2.05) is 6.92 Å². The van der Waals surface area contributed by atoms with Crippen molar-refractivity contribution in [3.63, 3.8) is 0 Å². The smallest absolute Gasteiger partial charge is 0.336 e. The van der Waals surface area contributed by atoms with Gasteiger partial charge in [0.15, 0.2) is 0 Å². The summed E-state index contributed by atoms with van der Waals surface area (Å²) in [6.45, 7) is 3.74. The lowest BCUT2D eigenvalue weighted by Gasteiger charge is -2.14. The van der Waals surface area contributed by atoms with E-state index in [9.17, 15) is 19.7 Å². The summed E-state index contributed by atoms with van der Waals surface area (Å²) in [6.07, 6.45) is 0. The van der Waals surface area contributed by atoms with Gasteiger partial charge in [-0.2, -0.15) is 11.8 Å². The number of carbonyl (C=O) groups excluding carboxylic acids is 1. The van der Waals surface area contributed by atoms with Crippen molar-refractivity contribution in [1.29, 1.82) is 0 Å². The van der Waals surface area contributed by atoms with E-state index in [0.29, 0.717) is 5.75 Å². The summed E-state index contributed by atoms with van der Waals surface area (Å²) >= 11 is 1.61. The zero-order chi connectivity index (χ0) is 16.0. The molecule has 1 atom stereocenters. The van der Waals surface area contributed by atoms with Gasteiger partial charge in [0.1, 0.15) is 5.56 Å². The van der Waals surface area contributed by atoms with Gasteiger partial charge in [-0.1, -0.05) is 13.0 Å². The van der Waals surface area contributed by atoms with E-state index < -0.39 is 28.1 Å². The van der Waals surface area contributed by atoms with E-state index in [-0.39, 0.29) is 11.6 Å². The molecule has 0 bridgehead atoms. The van der Waals surface area contributed by atoms with Crippen LogP contribution in [0.2, 0.25) is 0 Å². The monoisotopic (exact) mass is 312 g/mol. The maximum atomic E-state index is 12.2. The number of carboxylic acid groups (broad SMARTS) is 1. The number of hydrogen-bond acceptors (Lipinski definition) is 5. The van der Waals surface area contributed by atoms with Crippen molar-refractivity contribution < 1.29 is 19.6 Å². The van der Waals surface area contributed by atoms with E-state index in [0.717, 1.165) is 11.8 Å². The molecule has 0 spiro atoms. The third-order valence-electron chi connectivity index (χ3n) is 2.65. The molecule has 0 saturated carbocycles. The van der Waals surface area contributed by atoms with Crippen molar-refractivity contribution in [2.24, 2.45) is 0 Å². The first kappa shape index (κ1) is 17.0. The van der Waals surface area contributed by atoms with Gasteiger partial charge in [-0.25, -0.2) is 4.79 Å². The van der Waals surface area contributed by atoms with Crippen LogP contribution in [0.3, 0.4) is 0 Å². The molecule has 0 aromatic heterocycles. The fourth-order valence-electron chi connectivity index (χ4n) is 1.74. The fourth-order valence-corrected chi connectivity index (χ4v) is 2.41. The second kappa shape index (κ2) is 7.63. The average molecular weight is 312 g/mol. The molecule has 0 heterocycles. The van der Waals surface area contributed by atoms with Crippen LogP contribution in [0.5, 0.6) is 0 Å². The molecule has 0 aliphatic carbocycles. The summed E-state index contributed by atoms with van der Waals surface area (Å²) in [4.78, 5) is 33.6. The Hall–Kier alpha value is -2.09. The number of carbonyl (C=O) groups is 2. The van der Waals surface area contributed by atoms with Crippen molar-refractivity contribution in [3.8, 4) is 0 Å². The molecule has 0 aliphatic rings. The minimum atomic E-state index is -1.38. The van der Waals surface area contributed by atoms with Gasteiger partial charge in [-0.05, 0) is 18.7 Å². The minimum Gasteiger partial charge on any atom is -0.478 e. The Balaban J connectivity index is 3.11. The molecule has 1 rings (SSSR count). The first-order chi connectivity index (χ1) is 9.88. The number of aromatic carboxylic acids is 1. The predicted molar refractivity (Wildman–Crippen MR) is 80.0 cm³/mol. The fraction of sp³-hybridized carbons (Fsp3) is 0.385. The number of rotatable bonds is 7. The second-order valence-corrected chi connectivity index (χ2v) is 5.61. The van der Waals surface area contributed by atoms with Gasteiger partial charge < -0.3 is 10.4 Å².